The van der Waals surface area contributed by atoms with Crippen molar-refractivity contribution < 1.29 is 4.84 Å². The minimum Gasteiger partial charge on any atom is -0.364 e. The smallest absolute Gasteiger partial charge is 0.222 e. The molecule has 1 aliphatic rings. The molecule has 3 rings (SSSR count). The molecule has 1 atom stereocenters. The zero-order chi connectivity index (χ0) is 12.5. The van der Waals surface area contributed by atoms with Gasteiger partial charge >= 0.3 is 0 Å². The van der Waals surface area contributed by atoms with Crippen LogP contribution in [0.2, 0.25) is 0 Å². The number of rotatable bonds is 3. The first-order chi connectivity index (χ1) is 8.75. The molecule has 1 aromatic carbocycles. The standard InChI is InChI=1S/C12H13N5O/c1-9-5-3-4-6-10(9)12-13-14-15-17(12)18-11-7-8-16(11)2/h3-8,11H,1-2H3. The first kappa shape index (κ1) is 10.8. The van der Waals surface area contributed by atoms with E-state index in [-0.39, 0.29) is 6.23 Å². The van der Waals surface area contributed by atoms with Crippen molar-refractivity contribution in [1.29, 1.82) is 0 Å². The molecule has 2 heterocycles. The number of benzene rings is 1. The third-order valence-corrected chi connectivity index (χ3v) is 2.92. The number of tetrazole rings is 1. The SMILES string of the molecule is Cc1ccccc1-c1nnnn1OC1C=CN1C. The van der Waals surface area contributed by atoms with Crippen LogP contribution in [0, 0.1) is 6.92 Å². The highest BCUT2D eigenvalue weighted by Gasteiger charge is 2.21. The van der Waals surface area contributed by atoms with Crippen LogP contribution < -0.4 is 4.84 Å². The summed E-state index contributed by atoms with van der Waals surface area (Å²) in [7, 11) is 1.93. The monoisotopic (exact) mass is 243 g/mol. The first-order valence-corrected chi connectivity index (χ1v) is 5.67. The van der Waals surface area contributed by atoms with Crippen molar-refractivity contribution in [2.75, 3.05) is 7.05 Å². The summed E-state index contributed by atoms with van der Waals surface area (Å²) < 4.78 is 0. The van der Waals surface area contributed by atoms with Crippen LogP contribution in [0.4, 0.5) is 0 Å². The summed E-state index contributed by atoms with van der Waals surface area (Å²) in [6.45, 7) is 2.02. The van der Waals surface area contributed by atoms with E-state index in [0.717, 1.165) is 11.1 Å². The van der Waals surface area contributed by atoms with E-state index in [9.17, 15) is 0 Å². The van der Waals surface area contributed by atoms with Gasteiger partial charge in [-0.1, -0.05) is 29.1 Å². The highest BCUT2D eigenvalue weighted by Crippen LogP contribution is 2.20. The maximum absolute atomic E-state index is 5.66. The molecule has 92 valence electrons. The lowest BCUT2D eigenvalue weighted by Gasteiger charge is -2.30. The van der Waals surface area contributed by atoms with Gasteiger partial charge < -0.3 is 9.74 Å². The fourth-order valence-corrected chi connectivity index (χ4v) is 1.77. The molecule has 0 N–H and O–H groups in total. The van der Waals surface area contributed by atoms with Crippen molar-refractivity contribution >= 4 is 0 Å². The first-order valence-electron chi connectivity index (χ1n) is 5.67. The molecular weight excluding hydrogens is 230 g/mol. The van der Waals surface area contributed by atoms with Crippen LogP contribution in [0.5, 0.6) is 0 Å². The van der Waals surface area contributed by atoms with Gasteiger partial charge in [-0.2, -0.15) is 0 Å². The summed E-state index contributed by atoms with van der Waals surface area (Å²) in [6, 6.07) is 7.93. The molecule has 0 radical (unpaired) electrons. The lowest BCUT2D eigenvalue weighted by atomic mass is 10.1. The number of hydrogen-bond donors (Lipinski definition) is 0. The molecule has 0 aliphatic carbocycles. The van der Waals surface area contributed by atoms with E-state index in [1.807, 2.05) is 55.4 Å². The van der Waals surface area contributed by atoms with E-state index in [1.54, 1.807) is 0 Å². The second kappa shape index (κ2) is 4.14. The zero-order valence-corrected chi connectivity index (χ0v) is 10.2. The molecule has 18 heavy (non-hydrogen) atoms. The Morgan fingerprint density at radius 1 is 1.28 bits per heavy atom. The van der Waals surface area contributed by atoms with Gasteiger partial charge in [-0.3, -0.25) is 0 Å². The summed E-state index contributed by atoms with van der Waals surface area (Å²) in [5.74, 6) is 0.613. The van der Waals surface area contributed by atoms with Gasteiger partial charge in [0.2, 0.25) is 12.1 Å². The van der Waals surface area contributed by atoms with Crippen LogP contribution >= 0.6 is 0 Å². The van der Waals surface area contributed by atoms with Crippen molar-refractivity contribution in [1.82, 2.24) is 25.3 Å². The maximum Gasteiger partial charge on any atom is 0.222 e. The molecule has 1 unspecified atom stereocenters. The van der Waals surface area contributed by atoms with E-state index >= 15 is 0 Å². The van der Waals surface area contributed by atoms with Gasteiger partial charge in [-0.15, -0.1) is 5.10 Å². The summed E-state index contributed by atoms with van der Waals surface area (Å²) in [6.07, 6.45) is 3.75. The molecule has 0 saturated carbocycles. The molecule has 6 heteroatoms. The van der Waals surface area contributed by atoms with Crippen molar-refractivity contribution in [2.24, 2.45) is 0 Å². The third-order valence-electron chi connectivity index (χ3n) is 2.92. The van der Waals surface area contributed by atoms with E-state index in [1.165, 1.54) is 4.85 Å². The highest BCUT2D eigenvalue weighted by atomic mass is 16.7. The number of aromatic nitrogens is 4. The topological polar surface area (TPSA) is 56.1 Å². The second-order valence-corrected chi connectivity index (χ2v) is 4.19. The molecule has 1 aromatic heterocycles. The zero-order valence-electron chi connectivity index (χ0n) is 10.2. The molecule has 0 amide bonds. The van der Waals surface area contributed by atoms with Crippen molar-refractivity contribution in [3.05, 3.63) is 42.1 Å². The van der Waals surface area contributed by atoms with Crippen LogP contribution in [0.1, 0.15) is 5.56 Å². The molecule has 1 aliphatic heterocycles. The van der Waals surface area contributed by atoms with Gasteiger partial charge in [0.25, 0.3) is 0 Å². The van der Waals surface area contributed by atoms with Crippen molar-refractivity contribution in [2.45, 2.75) is 13.2 Å². The molecule has 2 aromatic rings. The summed E-state index contributed by atoms with van der Waals surface area (Å²) in [5.41, 5.74) is 2.07. The van der Waals surface area contributed by atoms with Gasteiger partial charge in [0.15, 0.2) is 0 Å². The average molecular weight is 243 g/mol. The Morgan fingerprint density at radius 2 is 2.11 bits per heavy atom. The lowest BCUT2D eigenvalue weighted by Crippen LogP contribution is -2.42. The predicted molar refractivity (Wildman–Crippen MR) is 65.3 cm³/mol. The largest absolute Gasteiger partial charge is 0.364 e. The van der Waals surface area contributed by atoms with Crippen LogP contribution in [0.3, 0.4) is 0 Å². The van der Waals surface area contributed by atoms with Crippen LogP contribution in [-0.2, 0) is 0 Å². The Labute approximate surface area is 104 Å². The predicted octanol–water partition coefficient (Wildman–Crippen LogP) is 0.862. The average Bonchev–Trinajstić information content (AvgIpc) is 2.83. The number of hydrogen-bond acceptors (Lipinski definition) is 5. The Morgan fingerprint density at radius 3 is 2.78 bits per heavy atom. The number of nitrogens with zero attached hydrogens (tertiary/aromatic N) is 5. The van der Waals surface area contributed by atoms with Crippen molar-refractivity contribution in [3.8, 4) is 11.4 Å². The highest BCUT2D eigenvalue weighted by molar-refractivity contribution is 5.58. The molecule has 6 nitrogen and oxygen atoms in total. The fraction of sp³-hybridized carbons (Fsp3) is 0.250. The van der Waals surface area contributed by atoms with E-state index in [4.69, 9.17) is 4.84 Å². The van der Waals surface area contributed by atoms with Gasteiger partial charge in [0.05, 0.1) is 0 Å². The molecule has 0 spiro atoms. The summed E-state index contributed by atoms with van der Waals surface area (Å²) in [4.78, 5) is 8.96. The Hall–Kier alpha value is -2.37. The molecule has 0 bridgehead atoms. The lowest BCUT2D eigenvalue weighted by molar-refractivity contribution is -0.0388. The van der Waals surface area contributed by atoms with Crippen LogP contribution in [0.25, 0.3) is 11.4 Å². The van der Waals surface area contributed by atoms with Crippen LogP contribution in [0.15, 0.2) is 36.5 Å². The number of aryl methyl sites for hydroxylation is 1. The van der Waals surface area contributed by atoms with Gasteiger partial charge in [-0.05, 0) is 29.0 Å². The maximum atomic E-state index is 5.66. The van der Waals surface area contributed by atoms with Crippen molar-refractivity contribution in [3.63, 3.8) is 0 Å². The molecular formula is C12H13N5O. The minimum absolute atomic E-state index is 0.115. The fourth-order valence-electron chi connectivity index (χ4n) is 1.77. The normalized spacial score (nSPS) is 17.7. The summed E-state index contributed by atoms with van der Waals surface area (Å²) in [5, 5.41) is 11.6. The number of likely N-dealkylation sites (N-methyl/N-ethyl adjacent to an activating group) is 1. The van der Waals surface area contributed by atoms with E-state index in [2.05, 4.69) is 15.5 Å². The Bertz CT molecular complexity index is 592. The van der Waals surface area contributed by atoms with Crippen LogP contribution in [-0.4, -0.2) is 38.5 Å². The molecule has 0 fully saturated rings. The minimum atomic E-state index is -0.115. The Balaban J connectivity index is 1.92. The van der Waals surface area contributed by atoms with Gasteiger partial charge in [0, 0.05) is 18.8 Å². The molecule has 0 saturated heterocycles. The van der Waals surface area contributed by atoms with Gasteiger partial charge in [0.1, 0.15) is 0 Å². The second-order valence-electron chi connectivity index (χ2n) is 4.19. The summed E-state index contributed by atoms with van der Waals surface area (Å²) >= 11 is 0. The van der Waals surface area contributed by atoms with E-state index < -0.39 is 0 Å². The third kappa shape index (κ3) is 1.71. The Kier molecular flexibility index (Phi) is 2.47. The quantitative estimate of drug-likeness (QED) is 0.800. The van der Waals surface area contributed by atoms with E-state index in [0.29, 0.717) is 5.82 Å². The van der Waals surface area contributed by atoms with Gasteiger partial charge in [-0.25, -0.2) is 0 Å².